The first-order chi connectivity index (χ1) is 9.44. The fourth-order valence-corrected chi connectivity index (χ4v) is 3.66. The number of benzene rings is 1. The maximum Gasteiger partial charge on any atom is 0.271 e. The lowest BCUT2D eigenvalue weighted by atomic mass is 10.3. The van der Waals surface area contributed by atoms with E-state index in [0.717, 1.165) is 11.3 Å². The van der Waals surface area contributed by atoms with Crippen LogP contribution in [0.4, 0.5) is 11.4 Å². The molecule has 1 heterocycles. The molecule has 1 aromatic heterocycles. The minimum atomic E-state index is -3.67. The Bertz CT molecular complexity index is 688. The van der Waals surface area contributed by atoms with Crippen LogP contribution in [0.2, 0.25) is 0 Å². The van der Waals surface area contributed by atoms with E-state index in [0.29, 0.717) is 22.9 Å². The van der Waals surface area contributed by atoms with Gasteiger partial charge in [-0.3, -0.25) is 4.72 Å². The number of anilines is 2. The lowest BCUT2D eigenvalue weighted by Gasteiger charge is -2.10. The van der Waals surface area contributed by atoms with Crippen molar-refractivity contribution in [1.82, 2.24) is 0 Å². The van der Waals surface area contributed by atoms with Crippen LogP contribution < -0.4 is 19.9 Å². The predicted molar refractivity (Wildman–Crippen MR) is 79.1 cm³/mol. The summed E-state index contributed by atoms with van der Waals surface area (Å²) in [6.45, 7) is 0. The van der Waals surface area contributed by atoms with Gasteiger partial charge in [-0.2, -0.15) is 0 Å². The normalized spacial score (nSPS) is 11.1. The fraction of sp³-hybridized carbons (Fsp3) is 0.167. The molecule has 0 radical (unpaired) electrons. The van der Waals surface area contributed by atoms with Gasteiger partial charge in [0.05, 0.1) is 19.9 Å². The zero-order valence-corrected chi connectivity index (χ0v) is 12.5. The Kier molecular flexibility index (Phi) is 4.05. The third kappa shape index (κ3) is 3.14. The quantitative estimate of drug-likeness (QED) is 0.882. The highest BCUT2D eigenvalue weighted by atomic mass is 32.2. The molecule has 20 heavy (non-hydrogen) atoms. The Morgan fingerprint density at radius 3 is 2.15 bits per heavy atom. The van der Waals surface area contributed by atoms with Gasteiger partial charge < -0.3 is 15.2 Å². The molecule has 3 N–H and O–H groups in total. The highest BCUT2D eigenvalue weighted by molar-refractivity contribution is 7.94. The van der Waals surface area contributed by atoms with Crippen LogP contribution in [-0.4, -0.2) is 22.6 Å². The van der Waals surface area contributed by atoms with Gasteiger partial charge in [0.2, 0.25) is 0 Å². The molecule has 0 aliphatic rings. The third-order valence-electron chi connectivity index (χ3n) is 2.46. The molecule has 0 aliphatic heterocycles. The number of nitrogens with one attached hydrogen (secondary N) is 1. The second-order valence-electron chi connectivity index (χ2n) is 3.91. The standard InChI is InChI=1S/C12H14N2O4S2/c1-17-10-4-9(5-11(6-10)18-2)14-20(15,16)12-3-8(13)7-19-12/h3-7,14H,13H2,1-2H3. The van der Waals surface area contributed by atoms with Crippen LogP contribution in [0, 0.1) is 0 Å². The van der Waals surface area contributed by atoms with E-state index in [1.807, 2.05) is 0 Å². The molecule has 0 amide bonds. The Morgan fingerprint density at radius 1 is 1.10 bits per heavy atom. The van der Waals surface area contributed by atoms with Crippen molar-refractivity contribution in [3.05, 3.63) is 29.6 Å². The van der Waals surface area contributed by atoms with Crippen molar-refractivity contribution in [2.24, 2.45) is 0 Å². The topological polar surface area (TPSA) is 90.7 Å². The van der Waals surface area contributed by atoms with Crippen molar-refractivity contribution in [3.63, 3.8) is 0 Å². The zero-order valence-electron chi connectivity index (χ0n) is 10.9. The van der Waals surface area contributed by atoms with Gasteiger partial charge in [-0.25, -0.2) is 8.42 Å². The molecule has 0 atom stereocenters. The Morgan fingerprint density at radius 2 is 1.70 bits per heavy atom. The monoisotopic (exact) mass is 314 g/mol. The molecule has 0 fully saturated rings. The van der Waals surface area contributed by atoms with Crippen molar-refractivity contribution in [1.29, 1.82) is 0 Å². The molecule has 2 aromatic rings. The molecule has 0 bridgehead atoms. The molecule has 1 aromatic carbocycles. The van der Waals surface area contributed by atoms with E-state index in [4.69, 9.17) is 15.2 Å². The molecule has 0 saturated heterocycles. The summed E-state index contributed by atoms with van der Waals surface area (Å²) in [6.07, 6.45) is 0. The number of nitrogens with two attached hydrogens (primary N) is 1. The molecule has 0 unspecified atom stereocenters. The summed E-state index contributed by atoms with van der Waals surface area (Å²) in [5, 5.41) is 1.57. The molecule has 0 saturated carbocycles. The molecule has 0 spiro atoms. The zero-order chi connectivity index (χ0) is 14.8. The minimum Gasteiger partial charge on any atom is -0.497 e. The third-order valence-corrected chi connectivity index (χ3v) is 5.30. The number of nitrogen functional groups attached to an aromatic ring is 1. The smallest absolute Gasteiger partial charge is 0.271 e. The van der Waals surface area contributed by atoms with Gasteiger partial charge in [0.25, 0.3) is 10.0 Å². The summed E-state index contributed by atoms with van der Waals surface area (Å²) < 4.78 is 37.1. The predicted octanol–water partition coefficient (Wildman–Crippen LogP) is 2.15. The summed E-state index contributed by atoms with van der Waals surface area (Å²) >= 11 is 1.06. The van der Waals surface area contributed by atoms with Crippen LogP contribution in [0.5, 0.6) is 11.5 Å². The van der Waals surface area contributed by atoms with Crippen molar-refractivity contribution in [2.75, 3.05) is 24.7 Å². The largest absolute Gasteiger partial charge is 0.497 e. The van der Waals surface area contributed by atoms with Crippen LogP contribution in [0.25, 0.3) is 0 Å². The van der Waals surface area contributed by atoms with Crippen LogP contribution in [-0.2, 0) is 10.0 Å². The van der Waals surface area contributed by atoms with Crippen LogP contribution >= 0.6 is 11.3 Å². The molecule has 6 nitrogen and oxygen atoms in total. The highest BCUT2D eigenvalue weighted by Crippen LogP contribution is 2.29. The van der Waals surface area contributed by atoms with Crippen LogP contribution in [0.3, 0.4) is 0 Å². The first-order valence-electron chi connectivity index (χ1n) is 5.54. The van der Waals surface area contributed by atoms with Crippen molar-refractivity contribution in [3.8, 4) is 11.5 Å². The first-order valence-corrected chi connectivity index (χ1v) is 7.91. The van der Waals surface area contributed by atoms with Crippen LogP contribution in [0.15, 0.2) is 33.9 Å². The van der Waals surface area contributed by atoms with E-state index < -0.39 is 10.0 Å². The van der Waals surface area contributed by atoms with Gasteiger partial charge in [-0.15, -0.1) is 11.3 Å². The number of hydrogen-bond donors (Lipinski definition) is 2. The molecule has 8 heteroatoms. The summed E-state index contributed by atoms with van der Waals surface area (Å²) in [6, 6.07) is 6.19. The molecule has 108 valence electrons. The van der Waals surface area contributed by atoms with Gasteiger partial charge in [-0.05, 0) is 6.07 Å². The van der Waals surface area contributed by atoms with Gasteiger partial charge in [0, 0.05) is 29.3 Å². The molecule has 0 aliphatic carbocycles. The summed E-state index contributed by atoms with van der Waals surface area (Å²) in [7, 11) is -0.679. The SMILES string of the molecule is COc1cc(NS(=O)(=O)c2cc(N)cs2)cc(OC)c1. The summed E-state index contributed by atoms with van der Waals surface area (Å²) in [4.78, 5) is 0. The Labute approximate surface area is 121 Å². The molecule has 2 rings (SSSR count). The van der Waals surface area contributed by atoms with Crippen LogP contribution in [0.1, 0.15) is 0 Å². The minimum absolute atomic E-state index is 0.150. The number of hydrogen-bond acceptors (Lipinski definition) is 6. The fourth-order valence-electron chi connectivity index (χ4n) is 1.54. The molecular weight excluding hydrogens is 300 g/mol. The van der Waals surface area contributed by atoms with Gasteiger partial charge in [-0.1, -0.05) is 0 Å². The lowest BCUT2D eigenvalue weighted by Crippen LogP contribution is -2.11. The number of methoxy groups -OCH3 is 2. The van der Waals surface area contributed by atoms with Gasteiger partial charge >= 0.3 is 0 Å². The average Bonchev–Trinajstić information content (AvgIpc) is 2.85. The van der Waals surface area contributed by atoms with Crippen molar-refractivity contribution >= 4 is 32.7 Å². The molecular formula is C12H14N2O4S2. The first kappa shape index (κ1) is 14.5. The number of rotatable bonds is 5. The maximum absolute atomic E-state index is 12.2. The number of thiophene rings is 1. The van der Waals surface area contributed by atoms with E-state index >= 15 is 0 Å². The van der Waals surface area contributed by atoms with E-state index in [2.05, 4.69) is 4.72 Å². The summed E-state index contributed by atoms with van der Waals surface area (Å²) in [5.74, 6) is 0.987. The lowest BCUT2D eigenvalue weighted by molar-refractivity contribution is 0.395. The van der Waals surface area contributed by atoms with E-state index in [1.165, 1.54) is 20.3 Å². The van der Waals surface area contributed by atoms with Gasteiger partial charge in [0.15, 0.2) is 0 Å². The number of sulfonamides is 1. The number of ether oxygens (including phenoxy) is 2. The van der Waals surface area contributed by atoms with E-state index in [-0.39, 0.29) is 4.21 Å². The highest BCUT2D eigenvalue weighted by Gasteiger charge is 2.17. The van der Waals surface area contributed by atoms with E-state index in [9.17, 15) is 8.42 Å². The summed E-state index contributed by atoms with van der Waals surface area (Å²) in [5.41, 5.74) is 6.31. The second-order valence-corrected chi connectivity index (χ2v) is 6.73. The van der Waals surface area contributed by atoms with E-state index in [1.54, 1.807) is 23.6 Å². The average molecular weight is 314 g/mol. The van der Waals surface area contributed by atoms with Crippen molar-refractivity contribution in [2.45, 2.75) is 4.21 Å². The Hall–Kier alpha value is -1.93. The second kappa shape index (κ2) is 5.59. The Balaban J connectivity index is 2.33. The maximum atomic E-state index is 12.2. The van der Waals surface area contributed by atoms with Crippen molar-refractivity contribution < 1.29 is 17.9 Å². The van der Waals surface area contributed by atoms with Gasteiger partial charge in [0.1, 0.15) is 15.7 Å².